The minimum Gasteiger partial charge on any atom is -0.496 e. The number of piperidine rings is 1. The molecule has 0 aliphatic carbocycles. The zero-order chi connectivity index (χ0) is 13.8. The summed E-state index contributed by atoms with van der Waals surface area (Å²) >= 11 is 3.55. The van der Waals surface area contributed by atoms with Crippen LogP contribution in [0.1, 0.15) is 25.3 Å². The topological polar surface area (TPSA) is 21.7 Å². The molecule has 0 saturated carbocycles. The van der Waals surface area contributed by atoms with Crippen molar-refractivity contribution in [2.75, 3.05) is 27.3 Å². The lowest BCUT2D eigenvalue weighted by atomic mass is 9.99. The normalized spacial score (nSPS) is 20.3. The number of hydrogen-bond donors (Lipinski definition) is 0. The highest BCUT2D eigenvalue weighted by molar-refractivity contribution is 9.10. The Balaban J connectivity index is 2.16. The van der Waals surface area contributed by atoms with Crippen LogP contribution in [-0.4, -0.2) is 32.2 Å². The van der Waals surface area contributed by atoms with Crippen molar-refractivity contribution in [3.63, 3.8) is 0 Å². The van der Waals surface area contributed by atoms with E-state index in [1.54, 1.807) is 14.2 Å². The zero-order valence-electron chi connectivity index (χ0n) is 11.9. The van der Waals surface area contributed by atoms with E-state index in [9.17, 15) is 0 Å². The van der Waals surface area contributed by atoms with Crippen LogP contribution in [0, 0.1) is 5.92 Å². The van der Waals surface area contributed by atoms with Crippen molar-refractivity contribution in [2.45, 2.75) is 26.3 Å². The summed E-state index contributed by atoms with van der Waals surface area (Å²) in [5.74, 6) is 2.51. The molecule has 1 aliphatic heterocycles. The Kier molecular flexibility index (Phi) is 5.11. The van der Waals surface area contributed by atoms with Gasteiger partial charge in [0.2, 0.25) is 0 Å². The number of rotatable bonds is 4. The molecule has 0 aromatic heterocycles. The maximum Gasteiger partial charge on any atom is 0.136 e. The molecule has 1 aromatic rings. The van der Waals surface area contributed by atoms with Gasteiger partial charge >= 0.3 is 0 Å². The number of methoxy groups -OCH3 is 2. The third kappa shape index (κ3) is 3.63. The van der Waals surface area contributed by atoms with Crippen LogP contribution in [0.3, 0.4) is 0 Å². The predicted molar refractivity (Wildman–Crippen MR) is 80.9 cm³/mol. The van der Waals surface area contributed by atoms with Crippen LogP contribution in [0.4, 0.5) is 0 Å². The molecule has 1 aromatic carbocycles. The van der Waals surface area contributed by atoms with Gasteiger partial charge in [0.05, 0.1) is 18.7 Å². The molecule has 0 radical (unpaired) electrons. The van der Waals surface area contributed by atoms with Gasteiger partial charge in [0.25, 0.3) is 0 Å². The molecule has 0 spiro atoms. The maximum absolute atomic E-state index is 5.48. The van der Waals surface area contributed by atoms with Gasteiger partial charge in [0.1, 0.15) is 11.5 Å². The highest BCUT2D eigenvalue weighted by Gasteiger charge is 2.18. The van der Waals surface area contributed by atoms with E-state index >= 15 is 0 Å². The molecule has 19 heavy (non-hydrogen) atoms. The SMILES string of the molecule is COc1cc(OC)c(CN2CCCC(C)C2)cc1Br. The third-order valence-electron chi connectivity index (χ3n) is 3.69. The lowest BCUT2D eigenvalue weighted by Gasteiger charge is -2.31. The molecule has 0 amide bonds. The Morgan fingerprint density at radius 1 is 1.26 bits per heavy atom. The first-order valence-electron chi connectivity index (χ1n) is 6.76. The van der Waals surface area contributed by atoms with E-state index in [2.05, 4.69) is 33.8 Å². The lowest BCUT2D eigenvalue weighted by molar-refractivity contribution is 0.175. The summed E-state index contributed by atoms with van der Waals surface area (Å²) in [6.07, 6.45) is 2.64. The molecule has 1 aliphatic rings. The van der Waals surface area contributed by atoms with Crippen LogP contribution >= 0.6 is 15.9 Å². The molecular formula is C15H22BrNO2. The summed E-state index contributed by atoms with van der Waals surface area (Å²) in [5.41, 5.74) is 1.21. The van der Waals surface area contributed by atoms with E-state index in [1.165, 1.54) is 31.5 Å². The fraction of sp³-hybridized carbons (Fsp3) is 0.600. The van der Waals surface area contributed by atoms with Gasteiger partial charge in [0, 0.05) is 24.7 Å². The minimum absolute atomic E-state index is 0.793. The Bertz CT molecular complexity index is 436. The Hall–Kier alpha value is -0.740. The highest BCUT2D eigenvalue weighted by atomic mass is 79.9. The number of halogens is 1. The maximum atomic E-state index is 5.48. The third-order valence-corrected chi connectivity index (χ3v) is 4.31. The van der Waals surface area contributed by atoms with Crippen molar-refractivity contribution in [1.29, 1.82) is 0 Å². The van der Waals surface area contributed by atoms with Gasteiger partial charge in [-0.1, -0.05) is 6.92 Å². The first-order chi connectivity index (χ1) is 9.13. The van der Waals surface area contributed by atoms with E-state index in [4.69, 9.17) is 9.47 Å². The average molecular weight is 328 g/mol. The summed E-state index contributed by atoms with van der Waals surface area (Å²) in [4.78, 5) is 2.50. The molecular weight excluding hydrogens is 306 g/mol. The molecule has 1 atom stereocenters. The second-order valence-corrected chi connectivity index (χ2v) is 6.14. The molecule has 2 rings (SSSR count). The Morgan fingerprint density at radius 3 is 2.63 bits per heavy atom. The molecule has 1 fully saturated rings. The van der Waals surface area contributed by atoms with Gasteiger partial charge in [-0.3, -0.25) is 4.90 Å². The average Bonchev–Trinajstić information content (AvgIpc) is 2.39. The summed E-state index contributed by atoms with van der Waals surface area (Å²) in [6, 6.07) is 4.06. The summed E-state index contributed by atoms with van der Waals surface area (Å²) in [6.45, 7) is 5.62. The second-order valence-electron chi connectivity index (χ2n) is 5.28. The van der Waals surface area contributed by atoms with Gasteiger partial charge in [-0.25, -0.2) is 0 Å². The van der Waals surface area contributed by atoms with Crippen molar-refractivity contribution in [3.8, 4) is 11.5 Å². The van der Waals surface area contributed by atoms with Crippen molar-refractivity contribution in [1.82, 2.24) is 4.90 Å². The van der Waals surface area contributed by atoms with Crippen LogP contribution in [-0.2, 0) is 6.54 Å². The molecule has 1 heterocycles. The van der Waals surface area contributed by atoms with Crippen LogP contribution in [0.15, 0.2) is 16.6 Å². The van der Waals surface area contributed by atoms with Crippen molar-refractivity contribution < 1.29 is 9.47 Å². The molecule has 106 valence electrons. The number of benzene rings is 1. The first-order valence-corrected chi connectivity index (χ1v) is 7.56. The van der Waals surface area contributed by atoms with Gasteiger partial charge in [-0.2, -0.15) is 0 Å². The summed E-state index contributed by atoms with van der Waals surface area (Å²) in [7, 11) is 3.39. The molecule has 0 N–H and O–H groups in total. The fourth-order valence-corrected chi connectivity index (χ4v) is 3.27. The Morgan fingerprint density at radius 2 is 2.00 bits per heavy atom. The summed E-state index contributed by atoms with van der Waals surface area (Å²) in [5, 5.41) is 0. The standard InChI is InChI=1S/C15H22BrNO2/c1-11-5-4-6-17(9-11)10-12-7-13(16)15(19-3)8-14(12)18-2/h7-8,11H,4-6,9-10H2,1-3H3. The lowest BCUT2D eigenvalue weighted by Crippen LogP contribution is -2.33. The van der Waals surface area contributed by atoms with Gasteiger partial charge in [-0.05, 0) is 47.3 Å². The van der Waals surface area contributed by atoms with Crippen LogP contribution in [0.25, 0.3) is 0 Å². The molecule has 1 saturated heterocycles. The number of nitrogens with zero attached hydrogens (tertiary/aromatic N) is 1. The number of hydrogen-bond acceptors (Lipinski definition) is 3. The zero-order valence-corrected chi connectivity index (χ0v) is 13.5. The van der Waals surface area contributed by atoms with Crippen LogP contribution < -0.4 is 9.47 Å². The number of likely N-dealkylation sites (tertiary alicyclic amines) is 1. The largest absolute Gasteiger partial charge is 0.496 e. The van der Waals surface area contributed by atoms with Crippen molar-refractivity contribution in [2.24, 2.45) is 5.92 Å². The smallest absolute Gasteiger partial charge is 0.136 e. The van der Waals surface area contributed by atoms with Crippen LogP contribution in [0.2, 0.25) is 0 Å². The van der Waals surface area contributed by atoms with Gasteiger partial charge in [0.15, 0.2) is 0 Å². The summed E-state index contributed by atoms with van der Waals surface area (Å²) < 4.78 is 11.8. The minimum atomic E-state index is 0.793. The van der Waals surface area contributed by atoms with E-state index in [0.717, 1.165) is 28.4 Å². The van der Waals surface area contributed by atoms with Crippen LogP contribution in [0.5, 0.6) is 11.5 Å². The molecule has 1 unspecified atom stereocenters. The molecule has 3 nitrogen and oxygen atoms in total. The Labute approximate surface area is 124 Å². The molecule has 4 heteroatoms. The van der Waals surface area contributed by atoms with E-state index in [0.29, 0.717) is 0 Å². The highest BCUT2D eigenvalue weighted by Crippen LogP contribution is 2.34. The predicted octanol–water partition coefficient (Wildman–Crippen LogP) is 3.70. The monoisotopic (exact) mass is 327 g/mol. The van der Waals surface area contributed by atoms with Gasteiger partial charge < -0.3 is 9.47 Å². The number of ether oxygens (including phenoxy) is 2. The quantitative estimate of drug-likeness (QED) is 0.841. The van der Waals surface area contributed by atoms with Gasteiger partial charge in [-0.15, -0.1) is 0 Å². The fourth-order valence-electron chi connectivity index (χ4n) is 2.72. The first kappa shape index (κ1) is 14.7. The van der Waals surface area contributed by atoms with E-state index < -0.39 is 0 Å². The van der Waals surface area contributed by atoms with E-state index in [1.807, 2.05) is 6.07 Å². The van der Waals surface area contributed by atoms with E-state index in [-0.39, 0.29) is 0 Å². The van der Waals surface area contributed by atoms with Crippen molar-refractivity contribution in [3.05, 3.63) is 22.2 Å². The second kappa shape index (κ2) is 6.62. The van der Waals surface area contributed by atoms with Crippen molar-refractivity contribution >= 4 is 15.9 Å². The molecule has 0 bridgehead atoms.